The van der Waals surface area contributed by atoms with E-state index >= 15 is 0 Å². The maximum absolute atomic E-state index is 12.7. The molecule has 1 N–H and O–H groups in total. The minimum Gasteiger partial charge on any atom is -0.377 e. The highest BCUT2D eigenvalue weighted by atomic mass is 16.6. The van der Waals surface area contributed by atoms with Crippen LogP contribution >= 0.6 is 0 Å². The van der Waals surface area contributed by atoms with E-state index in [0.29, 0.717) is 38.6 Å². The number of non-ortho nitro benzene ring substituents is 1. The summed E-state index contributed by atoms with van der Waals surface area (Å²) < 4.78 is 5.61. The number of benzene rings is 1. The minimum atomic E-state index is -0.386. The highest BCUT2D eigenvalue weighted by molar-refractivity contribution is 5.82. The van der Waals surface area contributed by atoms with Crippen molar-refractivity contribution in [2.45, 2.75) is 32.7 Å². The van der Waals surface area contributed by atoms with Gasteiger partial charge in [-0.25, -0.2) is 0 Å². The Bertz CT molecular complexity index is 662. The number of nitro groups is 1. The van der Waals surface area contributed by atoms with Gasteiger partial charge < -0.3 is 15.0 Å². The Morgan fingerprint density at radius 2 is 2.28 bits per heavy atom. The van der Waals surface area contributed by atoms with E-state index in [0.717, 1.165) is 17.7 Å². The Balaban J connectivity index is 1.83. The molecule has 1 amide bonds. The minimum absolute atomic E-state index is 0.0123. The van der Waals surface area contributed by atoms with Crippen LogP contribution in [0.1, 0.15) is 25.8 Å². The number of morpholine rings is 1. The molecule has 3 rings (SSSR count). The van der Waals surface area contributed by atoms with Gasteiger partial charge in [0, 0.05) is 30.9 Å². The fourth-order valence-corrected chi connectivity index (χ4v) is 3.64. The van der Waals surface area contributed by atoms with E-state index in [9.17, 15) is 14.9 Å². The molecular weight excluding hydrogens is 322 g/mol. The molecule has 0 unspecified atom stereocenters. The van der Waals surface area contributed by atoms with Crippen molar-refractivity contribution in [2.75, 3.05) is 31.2 Å². The number of nitrogens with zero attached hydrogens (tertiary/aromatic N) is 2. The molecule has 25 heavy (non-hydrogen) atoms. The smallest absolute Gasteiger partial charge is 0.269 e. The molecule has 0 saturated carbocycles. The number of nitrogens with one attached hydrogen (secondary N) is 1. The molecule has 2 heterocycles. The summed E-state index contributed by atoms with van der Waals surface area (Å²) in [6.45, 7) is 6.72. The van der Waals surface area contributed by atoms with Gasteiger partial charge in [-0.15, -0.1) is 0 Å². The molecule has 0 aliphatic carbocycles. The van der Waals surface area contributed by atoms with Gasteiger partial charge in [0.1, 0.15) is 0 Å². The molecule has 1 aromatic carbocycles. The number of hydrogen-bond acceptors (Lipinski definition) is 5. The van der Waals surface area contributed by atoms with Crippen LogP contribution in [-0.2, 0) is 16.0 Å². The fraction of sp³-hybridized carbons (Fsp3) is 0.611. The Hall–Kier alpha value is -2.15. The van der Waals surface area contributed by atoms with Crippen LogP contribution in [-0.4, -0.2) is 43.2 Å². The molecule has 2 aliphatic heterocycles. The van der Waals surface area contributed by atoms with Crippen LogP contribution in [0.5, 0.6) is 0 Å². The fourth-order valence-electron chi connectivity index (χ4n) is 3.64. The second-order valence-corrected chi connectivity index (χ2v) is 7.19. The van der Waals surface area contributed by atoms with Gasteiger partial charge in [0.25, 0.3) is 5.69 Å². The van der Waals surface area contributed by atoms with Crippen LogP contribution in [0.2, 0.25) is 0 Å². The molecule has 7 nitrogen and oxygen atoms in total. The first-order chi connectivity index (χ1) is 12.0. The third kappa shape index (κ3) is 3.76. The largest absolute Gasteiger partial charge is 0.377 e. The van der Waals surface area contributed by atoms with Crippen LogP contribution in [0.15, 0.2) is 18.2 Å². The molecule has 1 fully saturated rings. The van der Waals surface area contributed by atoms with Crippen molar-refractivity contribution >= 4 is 17.3 Å². The number of carbonyl (C=O) groups excluding carboxylic acids is 1. The lowest BCUT2D eigenvalue weighted by Crippen LogP contribution is -2.56. The van der Waals surface area contributed by atoms with E-state index in [1.807, 2.05) is 0 Å². The lowest BCUT2D eigenvalue weighted by Gasteiger charge is -2.45. The van der Waals surface area contributed by atoms with Crippen LogP contribution in [0.25, 0.3) is 0 Å². The lowest BCUT2D eigenvalue weighted by molar-refractivity contribution is -0.384. The van der Waals surface area contributed by atoms with Gasteiger partial charge in [0.15, 0.2) is 0 Å². The van der Waals surface area contributed by atoms with Gasteiger partial charge in [-0.3, -0.25) is 14.9 Å². The van der Waals surface area contributed by atoms with Gasteiger partial charge in [-0.1, -0.05) is 13.8 Å². The zero-order valence-corrected chi connectivity index (χ0v) is 14.7. The van der Waals surface area contributed by atoms with Crippen molar-refractivity contribution in [1.29, 1.82) is 0 Å². The maximum atomic E-state index is 12.7. The number of amides is 1. The zero-order valence-electron chi connectivity index (χ0n) is 14.7. The molecular formula is C18H25N3O4. The van der Waals surface area contributed by atoms with Gasteiger partial charge in [-0.05, 0) is 30.4 Å². The number of hydrogen-bond donors (Lipinski definition) is 1. The van der Waals surface area contributed by atoms with Gasteiger partial charge in [0.2, 0.25) is 5.91 Å². The second kappa shape index (κ2) is 7.39. The van der Waals surface area contributed by atoms with Gasteiger partial charge in [-0.2, -0.15) is 0 Å². The SMILES string of the molecule is CC(C)CCNC(=O)[C@@H]1Cc2cc([N+](=O)[O-])ccc2N2CCOC[C@@H]12. The van der Waals surface area contributed by atoms with Crippen molar-refractivity contribution in [3.05, 3.63) is 33.9 Å². The van der Waals surface area contributed by atoms with Crippen molar-refractivity contribution in [3.8, 4) is 0 Å². The number of fused-ring (bicyclic) bond motifs is 3. The summed E-state index contributed by atoms with van der Waals surface area (Å²) in [5.41, 5.74) is 1.94. The molecule has 2 aliphatic rings. The predicted molar refractivity (Wildman–Crippen MR) is 94.7 cm³/mol. The normalized spacial score (nSPS) is 22.3. The Morgan fingerprint density at radius 3 is 3.00 bits per heavy atom. The first-order valence-corrected chi connectivity index (χ1v) is 8.86. The molecule has 0 aromatic heterocycles. The van der Waals surface area contributed by atoms with Crippen molar-refractivity contribution < 1.29 is 14.5 Å². The van der Waals surface area contributed by atoms with Crippen molar-refractivity contribution in [2.24, 2.45) is 11.8 Å². The molecule has 136 valence electrons. The standard InChI is InChI=1S/C18H25N3O4/c1-12(2)5-6-19-18(22)15-10-13-9-14(21(23)24)3-4-16(13)20-7-8-25-11-17(15)20/h3-4,9,12,15,17H,5-8,10-11H2,1-2H3,(H,19,22)/t15-,17+/m1/s1. The number of ether oxygens (including phenoxy) is 1. The molecule has 1 aromatic rings. The van der Waals surface area contributed by atoms with Crippen LogP contribution in [0, 0.1) is 22.0 Å². The van der Waals surface area contributed by atoms with E-state index in [-0.39, 0.29) is 28.5 Å². The number of nitro benzene ring substituents is 1. The average molecular weight is 347 g/mol. The Labute approximate surface area is 147 Å². The van der Waals surface area contributed by atoms with Crippen molar-refractivity contribution in [3.63, 3.8) is 0 Å². The molecule has 2 atom stereocenters. The second-order valence-electron chi connectivity index (χ2n) is 7.19. The van der Waals surface area contributed by atoms with Gasteiger partial charge in [0.05, 0.1) is 30.1 Å². The zero-order chi connectivity index (χ0) is 18.0. The summed E-state index contributed by atoms with van der Waals surface area (Å²) in [4.78, 5) is 25.6. The summed E-state index contributed by atoms with van der Waals surface area (Å²) in [6, 6.07) is 4.93. The molecule has 7 heteroatoms. The number of anilines is 1. The van der Waals surface area contributed by atoms with E-state index < -0.39 is 0 Å². The topological polar surface area (TPSA) is 84.7 Å². The van der Waals surface area contributed by atoms with Crippen LogP contribution in [0.3, 0.4) is 0 Å². The monoisotopic (exact) mass is 347 g/mol. The summed E-state index contributed by atoms with van der Waals surface area (Å²) in [5, 5.41) is 14.1. The first-order valence-electron chi connectivity index (χ1n) is 8.86. The number of rotatable bonds is 5. The highest BCUT2D eigenvalue weighted by Gasteiger charge is 2.40. The molecule has 1 saturated heterocycles. The van der Waals surface area contributed by atoms with E-state index in [2.05, 4.69) is 24.1 Å². The number of carbonyl (C=O) groups is 1. The lowest BCUT2D eigenvalue weighted by atomic mass is 9.84. The first kappa shape index (κ1) is 17.7. The Morgan fingerprint density at radius 1 is 1.48 bits per heavy atom. The quantitative estimate of drug-likeness (QED) is 0.651. The molecule has 0 bridgehead atoms. The summed E-state index contributed by atoms with van der Waals surface area (Å²) >= 11 is 0. The van der Waals surface area contributed by atoms with Crippen LogP contribution < -0.4 is 10.2 Å². The summed E-state index contributed by atoms with van der Waals surface area (Å²) in [5.74, 6) is 0.296. The van der Waals surface area contributed by atoms with E-state index in [4.69, 9.17) is 4.74 Å². The van der Waals surface area contributed by atoms with Gasteiger partial charge >= 0.3 is 0 Å². The third-order valence-corrected chi connectivity index (χ3v) is 5.01. The van der Waals surface area contributed by atoms with Crippen LogP contribution in [0.4, 0.5) is 11.4 Å². The average Bonchev–Trinajstić information content (AvgIpc) is 2.60. The molecule has 0 spiro atoms. The maximum Gasteiger partial charge on any atom is 0.269 e. The van der Waals surface area contributed by atoms with Crippen molar-refractivity contribution in [1.82, 2.24) is 5.32 Å². The molecule has 0 radical (unpaired) electrons. The van der Waals surface area contributed by atoms with E-state index in [1.165, 1.54) is 6.07 Å². The van der Waals surface area contributed by atoms with E-state index in [1.54, 1.807) is 12.1 Å². The summed E-state index contributed by atoms with van der Waals surface area (Å²) in [6.07, 6.45) is 1.44. The highest BCUT2D eigenvalue weighted by Crippen LogP contribution is 2.37. The third-order valence-electron chi connectivity index (χ3n) is 5.01. The predicted octanol–water partition coefficient (Wildman–Crippen LogP) is 2.13. The Kier molecular flexibility index (Phi) is 5.22. The summed E-state index contributed by atoms with van der Waals surface area (Å²) in [7, 11) is 0.